The Labute approximate surface area is 150 Å². The highest BCUT2D eigenvalue weighted by molar-refractivity contribution is 9.10. The zero-order valence-corrected chi connectivity index (χ0v) is 14.6. The number of benzene rings is 1. The number of rotatable bonds is 1. The highest BCUT2D eigenvalue weighted by Crippen LogP contribution is 2.33. The van der Waals surface area contributed by atoms with Crippen LogP contribution in [0.15, 0.2) is 51.5 Å². The summed E-state index contributed by atoms with van der Waals surface area (Å²) in [7, 11) is 0. The van der Waals surface area contributed by atoms with E-state index < -0.39 is 0 Å². The van der Waals surface area contributed by atoms with E-state index >= 15 is 0 Å². The summed E-state index contributed by atoms with van der Waals surface area (Å²) in [6.45, 7) is 1.90. The molecule has 5 rings (SSSR count). The summed E-state index contributed by atoms with van der Waals surface area (Å²) in [5, 5.41) is 10.4. The minimum atomic E-state index is 0.394. The number of halogens is 1. The summed E-state index contributed by atoms with van der Waals surface area (Å²) in [6.07, 6.45) is 1.72. The van der Waals surface area contributed by atoms with Gasteiger partial charge in [0, 0.05) is 21.4 Å². The van der Waals surface area contributed by atoms with E-state index in [-0.39, 0.29) is 0 Å². The second-order valence-corrected chi connectivity index (χ2v) is 6.62. The third-order valence-corrected chi connectivity index (χ3v) is 4.58. The summed E-state index contributed by atoms with van der Waals surface area (Å²) < 4.78 is 6.90. The molecule has 0 bridgehead atoms. The van der Waals surface area contributed by atoms with Gasteiger partial charge in [0.15, 0.2) is 11.3 Å². The van der Waals surface area contributed by atoms with Gasteiger partial charge >= 0.3 is 0 Å². The van der Waals surface area contributed by atoms with Gasteiger partial charge in [0.2, 0.25) is 5.89 Å². The highest BCUT2D eigenvalue weighted by atomic mass is 79.9. The van der Waals surface area contributed by atoms with Crippen LogP contribution in [0.1, 0.15) is 5.69 Å². The smallest absolute Gasteiger partial charge is 0.250 e. The van der Waals surface area contributed by atoms with E-state index in [1.54, 1.807) is 6.20 Å². The number of pyridine rings is 2. The van der Waals surface area contributed by atoms with Crippen LogP contribution in [0.2, 0.25) is 0 Å². The predicted molar refractivity (Wildman–Crippen MR) is 97.2 cm³/mol. The van der Waals surface area contributed by atoms with Gasteiger partial charge in [0.25, 0.3) is 5.89 Å². The van der Waals surface area contributed by atoms with Gasteiger partial charge in [0.1, 0.15) is 0 Å². The van der Waals surface area contributed by atoms with E-state index in [2.05, 4.69) is 41.1 Å². The van der Waals surface area contributed by atoms with Gasteiger partial charge in [-0.2, -0.15) is 0 Å². The first kappa shape index (κ1) is 14.4. The number of hydrogen-bond acceptors (Lipinski definition) is 6. The van der Waals surface area contributed by atoms with Crippen LogP contribution >= 0.6 is 15.9 Å². The first-order valence-electron chi connectivity index (χ1n) is 7.64. The molecule has 0 spiro atoms. The molecule has 0 N–H and O–H groups in total. The second-order valence-electron chi connectivity index (χ2n) is 5.71. The Morgan fingerprint density at radius 2 is 1.92 bits per heavy atom. The topological polar surface area (TPSA) is 77.6 Å². The lowest BCUT2D eigenvalue weighted by Gasteiger charge is -2.06. The lowest BCUT2D eigenvalue weighted by Crippen LogP contribution is -1.96. The summed E-state index contributed by atoms with van der Waals surface area (Å²) >= 11 is 3.47. The van der Waals surface area contributed by atoms with Crippen LogP contribution in [0, 0.1) is 6.92 Å². The van der Waals surface area contributed by atoms with Crippen LogP contribution in [-0.4, -0.2) is 25.1 Å². The van der Waals surface area contributed by atoms with Crippen molar-refractivity contribution < 1.29 is 4.42 Å². The van der Waals surface area contributed by atoms with Crippen molar-refractivity contribution in [3.8, 4) is 23.0 Å². The maximum absolute atomic E-state index is 5.94. The summed E-state index contributed by atoms with van der Waals surface area (Å²) in [6, 6.07) is 11.6. The maximum Gasteiger partial charge on any atom is 0.250 e. The third-order valence-electron chi connectivity index (χ3n) is 4.08. The molecular weight excluding hydrogens is 382 g/mol. The van der Waals surface area contributed by atoms with E-state index in [4.69, 9.17) is 4.42 Å². The maximum atomic E-state index is 5.94. The number of hydrogen-bond donors (Lipinski definition) is 0. The molecule has 4 heterocycles. The number of nitrogens with zero attached hydrogens (tertiary/aromatic N) is 5. The molecule has 0 fully saturated rings. The van der Waals surface area contributed by atoms with Crippen molar-refractivity contribution in [2.24, 2.45) is 0 Å². The van der Waals surface area contributed by atoms with E-state index in [1.165, 1.54) is 0 Å². The largest absolute Gasteiger partial charge is 0.416 e. The Balaban J connectivity index is 1.74. The molecule has 25 heavy (non-hydrogen) atoms. The molecule has 0 unspecified atom stereocenters. The molecular formula is C18H10BrN5O. The molecule has 2 aliphatic rings. The Hall–Kier alpha value is -2.93. The van der Waals surface area contributed by atoms with Gasteiger partial charge < -0.3 is 4.42 Å². The Bertz CT molecular complexity index is 1230. The minimum absolute atomic E-state index is 0.394. The monoisotopic (exact) mass is 391 g/mol. The molecule has 0 aliphatic carbocycles. The van der Waals surface area contributed by atoms with E-state index in [0.29, 0.717) is 23.1 Å². The first-order chi connectivity index (χ1) is 12.2. The number of aryl methyl sites for hydroxylation is 1. The Morgan fingerprint density at radius 1 is 1.00 bits per heavy atom. The first-order valence-corrected chi connectivity index (χ1v) is 8.43. The molecule has 0 radical (unpaired) electrons. The van der Waals surface area contributed by atoms with Crippen LogP contribution in [0.3, 0.4) is 0 Å². The molecule has 2 aromatic heterocycles. The van der Waals surface area contributed by atoms with Gasteiger partial charge in [-0.05, 0) is 43.3 Å². The molecule has 0 saturated heterocycles. The van der Waals surface area contributed by atoms with Crippen LogP contribution in [-0.2, 0) is 0 Å². The fraction of sp³-hybridized carbons (Fsp3) is 0.0556. The summed E-state index contributed by atoms with van der Waals surface area (Å²) in [4.78, 5) is 13.3. The van der Waals surface area contributed by atoms with Crippen LogP contribution in [0.5, 0.6) is 0 Å². The molecule has 2 aliphatic heterocycles. The summed E-state index contributed by atoms with van der Waals surface area (Å²) in [5.74, 6) is 0.855. The third kappa shape index (κ3) is 2.27. The van der Waals surface area contributed by atoms with Crippen molar-refractivity contribution >= 4 is 37.9 Å². The molecule has 0 amide bonds. The zero-order valence-electron chi connectivity index (χ0n) is 13.1. The molecule has 0 atom stereocenters. The van der Waals surface area contributed by atoms with Gasteiger partial charge in [-0.25, -0.2) is 15.0 Å². The van der Waals surface area contributed by atoms with E-state index in [1.807, 2.05) is 43.3 Å². The molecule has 7 heteroatoms. The van der Waals surface area contributed by atoms with E-state index in [9.17, 15) is 0 Å². The van der Waals surface area contributed by atoms with Crippen molar-refractivity contribution in [2.75, 3.05) is 0 Å². The molecule has 3 aromatic rings. The van der Waals surface area contributed by atoms with Gasteiger partial charge in [-0.1, -0.05) is 15.9 Å². The quantitative estimate of drug-likeness (QED) is 0.421. The average molecular weight is 392 g/mol. The van der Waals surface area contributed by atoms with Crippen molar-refractivity contribution in [2.45, 2.75) is 6.92 Å². The average Bonchev–Trinajstić information content (AvgIpc) is 2.98. The Kier molecular flexibility index (Phi) is 3.05. The van der Waals surface area contributed by atoms with Crippen molar-refractivity contribution in [1.82, 2.24) is 25.1 Å². The molecule has 0 saturated carbocycles. The Morgan fingerprint density at radius 3 is 2.84 bits per heavy atom. The fourth-order valence-electron chi connectivity index (χ4n) is 2.87. The molecule has 6 nitrogen and oxygen atoms in total. The lowest BCUT2D eigenvalue weighted by molar-refractivity contribution is 0.530. The van der Waals surface area contributed by atoms with Crippen molar-refractivity contribution in [1.29, 1.82) is 0 Å². The predicted octanol–water partition coefficient (Wildman–Crippen LogP) is 4.40. The number of aromatic nitrogens is 5. The van der Waals surface area contributed by atoms with Crippen LogP contribution in [0.25, 0.3) is 45.0 Å². The normalized spacial score (nSPS) is 11.6. The zero-order chi connectivity index (χ0) is 17.0. The SMILES string of the molecule is Cc1nc2ncccc2cc1-c1nnc2c3cc(Br)ccc3nc-2o1. The number of fused-ring (bicyclic) bond motifs is 4. The highest BCUT2D eigenvalue weighted by Gasteiger charge is 2.20. The summed E-state index contributed by atoms with van der Waals surface area (Å²) in [5.41, 5.74) is 3.73. The minimum Gasteiger partial charge on any atom is -0.416 e. The van der Waals surface area contributed by atoms with Gasteiger partial charge in [-0.3, -0.25) is 0 Å². The van der Waals surface area contributed by atoms with Crippen molar-refractivity contribution in [3.63, 3.8) is 0 Å². The standard InChI is InChI=1S/C18H10BrN5O/c1-9-12(7-10-3-2-6-20-16(10)21-9)17-24-23-15-13-8-11(19)4-5-14(13)22-18(15)25-17/h2-8H,1H3. The van der Waals surface area contributed by atoms with E-state index in [0.717, 1.165) is 32.0 Å². The fourth-order valence-corrected chi connectivity index (χ4v) is 3.23. The molecule has 1 aromatic carbocycles. The van der Waals surface area contributed by atoms with Crippen LogP contribution < -0.4 is 0 Å². The molecule has 120 valence electrons. The van der Waals surface area contributed by atoms with Gasteiger partial charge in [0.05, 0.1) is 16.8 Å². The lowest BCUT2D eigenvalue weighted by atomic mass is 10.1. The van der Waals surface area contributed by atoms with Crippen LogP contribution in [0.4, 0.5) is 0 Å². The van der Waals surface area contributed by atoms with Crippen molar-refractivity contribution in [3.05, 3.63) is 52.8 Å². The second kappa shape index (κ2) is 5.29. The van der Waals surface area contributed by atoms with Gasteiger partial charge in [-0.15, -0.1) is 10.2 Å².